The number of nitrogen functional groups attached to an aromatic ring is 1. The lowest BCUT2D eigenvalue weighted by Crippen LogP contribution is -2.35. The molecule has 2 atom stereocenters. The summed E-state index contributed by atoms with van der Waals surface area (Å²) in [6.07, 6.45) is -0.232. The van der Waals surface area contributed by atoms with E-state index in [4.69, 9.17) is 21.7 Å². The van der Waals surface area contributed by atoms with Crippen molar-refractivity contribution in [3.8, 4) is 0 Å². The third-order valence-corrected chi connectivity index (χ3v) is 2.75. The Morgan fingerprint density at radius 1 is 1.26 bits per heavy atom. The Kier molecular flexibility index (Phi) is 4.82. The standard InChI is InChI=1S/C12H15FN2O4/c13-8-4-6(1-2-9(8)14)3-7(11(16)17)5-10(15)12(18)19/h1-2,4,7,10H,3,5,14-15H2,(H,16,17)(H,18,19). The van der Waals surface area contributed by atoms with E-state index in [9.17, 15) is 14.0 Å². The van der Waals surface area contributed by atoms with Crippen molar-refractivity contribution in [3.05, 3.63) is 29.6 Å². The predicted octanol–water partition coefficient (Wildman–Crippen LogP) is 0.453. The molecule has 0 aliphatic heterocycles. The summed E-state index contributed by atoms with van der Waals surface area (Å²) in [6, 6.07) is 2.71. The maximum Gasteiger partial charge on any atom is 0.320 e. The Morgan fingerprint density at radius 2 is 1.89 bits per heavy atom. The van der Waals surface area contributed by atoms with E-state index in [1.807, 2.05) is 0 Å². The summed E-state index contributed by atoms with van der Waals surface area (Å²) >= 11 is 0. The molecule has 0 aliphatic carbocycles. The third-order valence-electron chi connectivity index (χ3n) is 2.75. The van der Waals surface area contributed by atoms with Crippen LogP contribution in [0.3, 0.4) is 0 Å². The zero-order chi connectivity index (χ0) is 14.6. The van der Waals surface area contributed by atoms with Crippen molar-refractivity contribution in [3.63, 3.8) is 0 Å². The molecule has 1 rings (SSSR count). The zero-order valence-corrected chi connectivity index (χ0v) is 10.0. The molecule has 0 saturated heterocycles. The molecule has 19 heavy (non-hydrogen) atoms. The van der Waals surface area contributed by atoms with E-state index in [0.717, 1.165) is 6.07 Å². The maximum atomic E-state index is 13.2. The van der Waals surface area contributed by atoms with Crippen LogP contribution in [0, 0.1) is 11.7 Å². The van der Waals surface area contributed by atoms with Crippen LogP contribution in [0.5, 0.6) is 0 Å². The molecule has 6 nitrogen and oxygen atoms in total. The van der Waals surface area contributed by atoms with Crippen LogP contribution in [0.2, 0.25) is 0 Å². The summed E-state index contributed by atoms with van der Waals surface area (Å²) in [5.74, 6) is -4.07. The van der Waals surface area contributed by atoms with Gasteiger partial charge in [0.1, 0.15) is 11.9 Å². The van der Waals surface area contributed by atoms with Gasteiger partial charge in [0.2, 0.25) is 0 Å². The van der Waals surface area contributed by atoms with Crippen LogP contribution in [-0.4, -0.2) is 28.2 Å². The van der Waals surface area contributed by atoms with Crippen molar-refractivity contribution in [1.29, 1.82) is 0 Å². The van der Waals surface area contributed by atoms with Gasteiger partial charge in [-0.15, -0.1) is 0 Å². The Labute approximate surface area is 108 Å². The van der Waals surface area contributed by atoms with Gasteiger partial charge in [0.15, 0.2) is 0 Å². The fourth-order valence-corrected chi connectivity index (χ4v) is 1.66. The quantitative estimate of drug-likeness (QED) is 0.556. The van der Waals surface area contributed by atoms with Crippen LogP contribution in [0.15, 0.2) is 18.2 Å². The average Bonchev–Trinajstić information content (AvgIpc) is 2.32. The van der Waals surface area contributed by atoms with E-state index in [2.05, 4.69) is 0 Å². The van der Waals surface area contributed by atoms with Gasteiger partial charge in [-0.1, -0.05) is 6.07 Å². The van der Waals surface area contributed by atoms with Gasteiger partial charge in [-0.3, -0.25) is 9.59 Å². The number of halogens is 1. The molecule has 0 heterocycles. The molecule has 0 bridgehead atoms. The summed E-state index contributed by atoms with van der Waals surface area (Å²) in [5, 5.41) is 17.7. The van der Waals surface area contributed by atoms with Crippen LogP contribution >= 0.6 is 0 Å². The number of nitrogens with two attached hydrogens (primary N) is 2. The maximum absolute atomic E-state index is 13.2. The summed E-state index contributed by atoms with van der Waals surface area (Å²) < 4.78 is 13.2. The number of anilines is 1. The van der Waals surface area contributed by atoms with Crippen LogP contribution in [-0.2, 0) is 16.0 Å². The van der Waals surface area contributed by atoms with Crippen molar-refractivity contribution in [1.82, 2.24) is 0 Å². The first-order chi connectivity index (χ1) is 8.81. The number of hydrogen-bond donors (Lipinski definition) is 4. The van der Waals surface area contributed by atoms with Gasteiger partial charge in [-0.25, -0.2) is 4.39 Å². The smallest absolute Gasteiger partial charge is 0.320 e. The molecular formula is C12H15FN2O4. The fourth-order valence-electron chi connectivity index (χ4n) is 1.66. The normalized spacial score (nSPS) is 13.8. The third kappa shape index (κ3) is 4.22. The van der Waals surface area contributed by atoms with Crippen molar-refractivity contribution >= 4 is 17.6 Å². The Morgan fingerprint density at radius 3 is 2.37 bits per heavy atom. The molecule has 0 radical (unpaired) electrons. The number of hydrogen-bond acceptors (Lipinski definition) is 4. The topological polar surface area (TPSA) is 127 Å². The van der Waals surface area contributed by atoms with Gasteiger partial charge in [0.05, 0.1) is 11.6 Å². The second kappa shape index (κ2) is 6.14. The minimum atomic E-state index is -1.27. The number of aliphatic carboxylic acids is 2. The van der Waals surface area contributed by atoms with Gasteiger partial charge in [0.25, 0.3) is 0 Å². The minimum absolute atomic E-state index is 0.00644. The molecule has 2 unspecified atom stereocenters. The van der Waals surface area contributed by atoms with Gasteiger partial charge >= 0.3 is 11.9 Å². The Bertz CT molecular complexity index is 493. The molecule has 0 amide bonds. The number of carboxylic acid groups (broad SMARTS) is 2. The molecular weight excluding hydrogens is 255 g/mol. The molecule has 0 saturated carbocycles. The van der Waals surface area contributed by atoms with Crippen LogP contribution < -0.4 is 11.5 Å². The van der Waals surface area contributed by atoms with Crippen molar-refractivity contribution < 1.29 is 24.2 Å². The van der Waals surface area contributed by atoms with Crippen molar-refractivity contribution in [2.75, 3.05) is 5.73 Å². The molecule has 0 spiro atoms. The van der Waals surface area contributed by atoms with Gasteiger partial charge in [-0.2, -0.15) is 0 Å². The highest BCUT2D eigenvalue weighted by molar-refractivity contribution is 5.76. The van der Waals surface area contributed by atoms with E-state index in [0.29, 0.717) is 5.56 Å². The average molecular weight is 270 g/mol. The van der Waals surface area contributed by atoms with E-state index in [1.165, 1.54) is 12.1 Å². The summed E-state index contributed by atoms with van der Waals surface area (Å²) in [4.78, 5) is 21.7. The number of benzene rings is 1. The second-order valence-corrected chi connectivity index (χ2v) is 4.28. The lowest BCUT2D eigenvalue weighted by molar-refractivity contribution is -0.143. The Hall–Kier alpha value is -2.15. The van der Waals surface area contributed by atoms with E-state index in [1.54, 1.807) is 0 Å². The van der Waals surface area contributed by atoms with Crippen LogP contribution in [0.1, 0.15) is 12.0 Å². The largest absolute Gasteiger partial charge is 0.481 e. The highest BCUT2D eigenvalue weighted by Gasteiger charge is 2.24. The summed E-state index contributed by atoms with van der Waals surface area (Å²) in [6.45, 7) is 0. The number of carbonyl (C=O) groups is 2. The summed E-state index contributed by atoms with van der Waals surface area (Å²) in [5.41, 5.74) is 11.0. The molecule has 1 aromatic carbocycles. The monoisotopic (exact) mass is 270 g/mol. The highest BCUT2D eigenvalue weighted by Crippen LogP contribution is 2.18. The molecule has 0 fully saturated rings. The fraction of sp³-hybridized carbons (Fsp3) is 0.333. The molecule has 104 valence electrons. The lowest BCUT2D eigenvalue weighted by Gasteiger charge is -2.15. The first-order valence-electron chi connectivity index (χ1n) is 5.56. The molecule has 0 aliphatic rings. The van der Waals surface area contributed by atoms with Crippen LogP contribution in [0.25, 0.3) is 0 Å². The van der Waals surface area contributed by atoms with E-state index in [-0.39, 0.29) is 18.5 Å². The van der Waals surface area contributed by atoms with Crippen molar-refractivity contribution in [2.45, 2.75) is 18.9 Å². The number of carboxylic acids is 2. The first-order valence-corrected chi connectivity index (χ1v) is 5.56. The molecule has 1 aromatic rings. The Balaban J connectivity index is 2.81. The lowest BCUT2D eigenvalue weighted by atomic mass is 9.93. The van der Waals surface area contributed by atoms with Crippen LogP contribution in [0.4, 0.5) is 10.1 Å². The molecule has 0 aromatic heterocycles. The second-order valence-electron chi connectivity index (χ2n) is 4.28. The predicted molar refractivity (Wildman–Crippen MR) is 65.9 cm³/mol. The SMILES string of the molecule is Nc1ccc(CC(CC(N)C(=O)O)C(=O)O)cc1F. The van der Waals surface area contributed by atoms with Gasteiger partial charge in [-0.05, 0) is 30.5 Å². The van der Waals surface area contributed by atoms with Gasteiger partial charge < -0.3 is 21.7 Å². The summed E-state index contributed by atoms with van der Waals surface area (Å²) in [7, 11) is 0. The van der Waals surface area contributed by atoms with E-state index < -0.39 is 29.7 Å². The molecule has 6 N–H and O–H groups in total. The molecule has 7 heteroatoms. The van der Waals surface area contributed by atoms with Gasteiger partial charge in [0, 0.05) is 0 Å². The zero-order valence-electron chi connectivity index (χ0n) is 10.0. The van der Waals surface area contributed by atoms with Crippen molar-refractivity contribution in [2.24, 2.45) is 11.7 Å². The first kappa shape index (κ1) is 14.9. The minimum Gasteiger partial charge on any atom is -0.481 e. The van der Waals surface area contributed by atoms with E-state index >= 15 is 0 Å². The highest BCUT2D eigenvalue weighted by atomic mass is 19.1. The number of rotatable bonds is 6.